The van der Waals surface area contributed by atoms with Gasteiger partial charge in [0.25, 0.3) is 5.56 Å². The van der Waals surface area contributed by atoms with E-state index in [0.717, 1.165) is 18.9 Å². The molecule has 0 aromatic carbocycles. The normalized spacial score (nSPS) is 18.2. The average molecular weight is 427 g/mol. The summed E-state index contributed by atoms with van der Waals surface area (Å²) in [6, 6.07) is 6.67. The van der Waals surface area contributed by atoms with Gasteiger partial charge in [-0.3, -0.25) is 4.79 Å². The van der Waals surface area contributed by atoms with E-state index in [1.54, 1.807) is 6.07 Å². The molecule has 2 heterocycles. The van der Waals surface area contributed by atoms with Crippen molar-refractivity contribution >= 4 is 5.97 Å². The highest BCUT2D eigenvalue weighted by Crippen LogP contribution is 2.36. The molecular formula is C20H24F3N3O4. The van der Waals surface area contributed by atoms with Crippen molar-refractivity contribution in [3.63, 3.8) is 0 Å². The number of ether oxygens (including phenoxy) is 1. The second-order valence-corrected chi connectivity index (χ2v) is 6.83. The van der Waals surface area contributed by atoms with Gasteiger partial charge in [0.15, 0.2) is 0 Å². The molecule has 0 bridgehead atoms. The number of carboxylic acids is 1. The van der Waals surface area contributed by atoms with E-state index in [-0.39, 0.29) is 23.1 Å². The summed E-state index contributed by atoms with van der Waals surface area (Å²) in [5.74, 6) is -0.942. The Morgan fingerprint density at radius 1 is 1.30 bits per heavy atom. The van der Waals surface area contributed by atoms with Crippen LogP contribution in [0.15, 0.2) is 41.3 Å². The number of carbonyl (C=O) groups is 1. The predicted molar refractivity (Wildman–Crippen MR) is 103 cm³/mol. The van der Waals surface area contributed by atoms with Gasteiger partial charge in [0.1, 0.15) is 5.69 Å². The molecule has 1 aliphatic rings. The first-order valence-electron chi connectivity index (χ1n) is 9.43. The summed E-state index contributed by atoms with van der Waals surface area (Å²) >= 11 is 0. The average Bonchev–Trinajstić information content (AvgIpc) is 2.67. The maximum Gasteiger partial charge on any atom is 0.433 e. The zero-order valence-electron chi connectivity index (χ0n) is 16.4. The van der Waals surface area contributed by atoms with Gasteiger partial charge in [0.2, 0.25) is 0 Å². The molecule has 0 atom stereocenters. The largest absolute Gasteiger partial charge is 0.478 e. The molecule has 3 rings (SSSR count). The van der Waals surface area contributed by atoms with Gasteiger partial charge in [-0.1, -0.05) is 6.07 Å². The van der Waals surface area contributed by atoms with E-state index < -0.39 is 17.8 Å². The van der Waals surface area contributed by atoms with E-state index in [2.05, 4.69) is 4.98 Å². The van der Waals surface area contributed by atoms with E-state index >= 15 is 0 Å². The zero-order chi connectivity index (χ0) is 22.3. The van der Waals surface area contributed by atoms with Crippen LogP contribution in [0.1, 0.15) is 47.4 Å². The van der Waals surface area contributed by atoms with Crippen molar-refractivity contribution in [2.75, 3.05) is 13.2 Å². The molecule has 0 spiro atoms. The smallest absolute Gasteiger partial charge is 0.433 e. The number of hydrogen-bond acceptors (Lipinski definition) is 5. The van der Waals surface area contributed by atoms with Crippen LogP contribution in [0.5, 0.6) is 0 Å². The summed E-state index contributed by atoms with van der Waals surface area (Å²) in [6.07, 6.45) is -1.58. The molecular weight excluding hydrogens is 403 g/mol. The highest BCUT2D eigenvalue weighted by Gasteiger charge is 2.34. The SMILES string of the molecule is CCOCCn1cc(C(=O)O)ccc1=O.NC1CC(c2cccc(C(F)(F)F)n2)C1. The third kappa shape index (κ3) is 6.67. The van der Waals surface area contributed by atoms with E-state index in [4.69, 9.17) is 15.6 Å². The first kappa shape index (κ1) is 23.6. The number of nitrogens with zero attached hydrogens (tertiary/aromatic N) is 2. The van der Waals surface area contributed by atoms with Gasteiger partial charge in [-0.05, 0) is 38.0 Å². The number of carboxylic acid groups (broad SMARTS) is 1. The lowest BCUT2D eigenvalue weighted by Gasteiger charge is -2.32. The van der Waals surface area contributed by atoms with Crippen LogP contribution in [-0.4, -0.2) is 39.9 Å². The molecule has 30 heavy (non-hydrogen) atoms. The predicted octanol–water partition coefficient (Wildman–Crippen LogP) is 2.89. The van der Waals surface area contributed by atoms with Crippen LogP contribution in [0.2, 0.25) is 0 Å². The Labute approximate surface area is 171 Å². The number of aromatic nitrogens is 2. The molecule has 10 heteroatoms. The molecule has 7 nitrogen and oxygen atoms in total. The van der Waals surface area contributed by atoms with Crippen LogP contribution >= 0.6 is 0 Å². The first-order valence-corrected chi connectivity index (χ1v) is 9.43. The number of nitrogens with two attached hydrogens (primary N) is 1. The summed E-state index contributed by atoms with van der Waals surface area (Å²) < 4.78 is 43.4. The highest BCUT2D eigenvalue weighted by molar-refractivity contribution is 5.87. The third-order valence-electron chi connectivity index (χ3n) is 4.56. The summed E-state index contributed by atoms with van der Waals surface area (Å²) in [4.78, 5) is 25.6. The van der Waals surface area contributed by atoms with Crippen molar-refractivity contribution in [3.05, 3.63) is 63.8 Å². The molecule has 0 aliphatic heterocycles. The van der Waals surface area contributed by atoms with Crippen LogP contribution in [-0.2, 0) is 17.5 Å². The van der Waals surface area contributed by atoms with Gasteiger partial charge >= 0.3 is 12.1 Å². The quantitative estimate of drug-likeness (QED) is 0.687. The number of hydrogen-bond donors (Lipinski definition) is 2. The lowest BCUT2D eigenvalue weighted by atomic mass is 9.78. The van der Waals surface area contributed by atoms with Gasteiger partial charge in [-0.25, -0.2) is 9.78 Å². The number of pyridine rings is 2. The Kier molecular flexibility index (Phi) is 8.13. The molecule has 3 N–H and O–H groups in total. The first-order chi connectivity index (χ1) is 14.1. The lowest BCUT2D eigenvalue weighted by Crippen LogP contribution is -2.35. The minimum absolute atomic E-state index is 0.0994. The minimum Gasteiger partial charge on any atom is -0.478 e. The summed E-state index contributed by atoms with van der Waals surface area (Å²) in [5, 5.41) is 8.73. The molecule has 1 saturated carbocycles. The number of aromatic carboxylic acids is 1. The Morgan fingerprint density at radius 3 is 2.57 bits per heavy atom. The minimum atomic E-state index is -4.36. The van der Waals surface area contributed by atoms with E-state index in [0.29, 0.717) is 25.5 Å². The van der Waals surface area contributed by atoms with Crippen LogP contribution in [0, 0.1) is 0 Å². The molecule has 0 amide bonds. The second kappa shape index (κ2) is 10.4. The third-order valence-corrected chi connectivity index (χ3v) is 4.56. The fourth-order valence-corrected chi connectivity index (χ4v) is 2.88. The second-order valence-electron chi connectivity index (χ2n) is 6.83. The van der Waals surface area contributed by atoms with Crippen molar-refractivity contribution < 1.29 is 27.8 Å². The highest BCUT2D eigenvalue weighted by atomic mass is 19.4. The van der Waals surface area contributed by atoms with Crippen molar-refractivity contribution in [3.8, 4) is 0 Å². The standard InChI is InChI=1S/C10H11F3N2.C10H13NO4/c11-10(12,13)9-3-1-2-8(15-9)6-4-7(14)5-6;1-2-15-6-5-11-7-8(10(13)14)3-4-9(11)12/h1-3,6-7H,4-5,14H2;3-4,7H,2,5-6H2,1H3,(H,13,14). The molecule has 2 aromatic rings. The van der Waals surface area contributed by atoms with Crippen LogP contribution in [0.4, 0.5) is 13.2 Å². The van der Waals surface area contributed by atoms with Crippen LogP contribution in [0.3, 0.4) is 0 Å². The van der Waals surface area contributed by atoms with E-state index in [1.165, 1.54) is 29.0 Å². The van der Waals surface area contributed by atoms with Crippen molar-refractivity contribution in [1.82, 2.24) is 9.55 Å². The topological polar surface area (TPSA) is 107 Å². The Hall–Kier alpha value is -2.72. The van der Waals surface area contributed by atoms with Crippen molar-refractivity contribution in [2.45, 2.75) is 44.4 Å². The Morgan fingerprint density at radius 2 is 2.00 bits per heavy atom. The molecule has 1 aliphatic carbocycles. The molecule has 0 saturated heterocycles. The molecule has 0 radical (unpaired) electrons. The van der Waals surface area contributed by atoms with Gasteiger partial charge in [0, 0.05) is 43.1 Å². The summed E-state index contributed by atoms with van der Waals surface area (Å²) in [7, 11) is 0. The summed E-state index contributed by atoms with van der Waals surface area (Å²) in [5.41, 5.74) is 5.15. The van der Waals surface area contributed by atoms with Gasteiger partial charge in [-0.2, -0.15) is 13.2 Å². The molecule has 1 fully saturated rings. The van der Waals surface area contributed by atoms with Crippen molar-refractivity contribution in [1.29, 1.82) is 0 Å². The fourth-order valence-electron chi connectivity index (χ4n) is 2.88. The lowest BCUT2D eigenvalue weighted by molar-refractivity contribution is -0.141. The van der Waals surface area contributed by atoms with Gasteiger partial charge < -0.3 is 20.1 Å². The zero-order valence-corrected chi connectivity index (χ0v) is 16.4. The van der Waals surface area contributed by atoms with E-state index in [9.17, 15) is 22.8 Å². The van der Waals surface area contributed by atoms with Gasteiger partial charge in [0.05, 0.1) is 12.2 Å². The summed E-state index contributed by atoms with van der Waals surface area (Å²) in [6.45, 7) is 3.21. The number of halogens is 3. The number of alkyl halides is 3. The number of rotatable bonds is 6. The Bertz CT molecular complexity index is 909. The molecule has 0 unspecified atom stereocenters. The maximum atomic E-state index is 12.3. The monoisotopic (exact) mass is 427 g/mol. The molecule has 2 aromatic heterocycles. The van der Waals surface area contributed by atoms with Gasteiger partial charge in [-0.15, -0.1) is 0 Å². The molecule has 164 valence electrons. The van der Waals surface area contributed by atoms with Crippen LogP contribution < -0.4 is 11.3 Å². The maximum absolute atomic E-state index is 12.3. The van der Waals surface area contributed by atoms with Crippen molar-refractivity contribution in [2.24, 2.45) is 5.73 Å². The Balaban J connectivity index is 0.000000214. The fraction of sp³-hybridized carbons (Fsp3) is 0.450. The van der Waals surface area contributed by atoms with E-state index in [1.807, 2.05) is 6.92 Å². The van der Waals surface area contributed by atoms with Crippen LogP contribution in [0.25, 0.3) is 0 Å².